The van der Waals surface area contributed by atoms with E-state index >= 15 is 0 Å². The molecule has 3 rings (SSSR count). The van der Waals surface area contributed by atoms with E-state index in [-0.39, 0.29) is 0 Å². The van der Waals surface area contributed by atoms with E-state index in [9.17, 15) is 4.21 Å². The predicted molar refractivity (Wildman–Crippen MR) is 78.4 cm³/mol. The molecule has 1 aliphatic heterocycles. The summed E-state index contributed by atoms with van der Waals surface area (Å²) in [5.74, 6) is 1.84. The summed E-state index contributed by atoms with van der Waals surface area (Å²) in [5.41, 5.74) is 7.34. The van der Waals surface area contributed by atoms with Crippen molar-refractivity contribution in [3.63, 3.8) is 0 Å². The zero-order valence-electron chi connectivity index (χ0n) is 10.9. The van der Waals surface area contributed by atoms with Gasteiger partial charge in [-0.05, 0) is 29.8 Å². The van der Waals surface area contributed by atoms with Gasteiger partial charge in [-0.1, -0.05) is 12.1 Å². The third-order valence-corrected chi connectivity index (χ3v) is 4.43. The third-order valence-electron chi connectivity index (χ3n) is 3.05. The first-order valence-electron chi connectivity index (χ1n) is 6.35. The highest BCUT2D eigenvalue weighted by Gasteiger charge is 2.14. The average Bonchev–Trinajstić information content (AvgIpc) is 2.49. The molecule has 2 aromatic rings. The van der Waals surface area contributed by atoms with Gasteiger partial charge < -0.3 is 15.2 Å². The molecular weight excluding hydrogens is 274 g/mol. The molecule has 0 fully saturated rings. The fraction of sp³-hybridized carbons (Fsp3) is 0.200. The van der Waals surface area contributed by atoms with Crippen molar-refractivity contribution in [3.8, 4) is 11.5 Å². The van der Waals surface area contributed by atoms with Gasteiger partial charge in [0.1, 0.15) is 13.2 Å². The van der Waals surface area contributed by atoms with Crippen LogP contribution in [0.25, 0.3) is 0 Å². The van der Waals surface area contributed by atoms with Crippen LogP contribution in [0.1, 0.15) is 5.56 Å². The van der Waals surface area contributed by atoms with Crippen LogP contribution in [0, 0.1) is 0 Å². The molecule has 1 unspecified atom stereocenters. The maximum absolute atomic E-state index is 12.4. The Morgan fingerprint density at radius 1 is 1.00 bits per heavy atom. The molecule has 4 nitrogen and oxygen atoms in total. The largest absolute Gasteiger partial charge is 0.486 e. The lowest BCUT2D eigenvalue weighted by molar-refractivity contribution is 0.171. The minimum absolute atomic E-state index is 0.458. The van der Waals surface area contributed by atoms with Gasteiger partial charge in [-0.3, -0.25) is 4.21 Å². The number of rotatable bonds is 3. The van der Waals surface area contributed by atoms with Crippen LogP contribution in [0.2, 0.25) is 0 Å². The zero-order valence-corrected chi connectivity index (χ0v) is 11.7. The number of fused-ring (bicyclic) bond motifs is 1. The number of nitrogens with two attached hydrogens (primary N) is 1. The lowest BCUT2D eigenvalue weighted by Crippen LogP contribution is -2.15. The standard InChI is InChI=1S/C15H15NO3S/c16-12-3-1-11(2-4-12)10-20(17)13-5-6-14-15(9-13)19-8-7-18-14/h1-6,9H,7-8,10,16H2. The fourth-order valence-corrected chi connectivity index (χ4v) is 3.13. The Morgan fingerprint density at radius 2 is 1.70 bits per heavy atom. The van der Waals surface area contributed by atoms with Crippen molar-refractivity contribution in [1.82, 2.24) is 0 Å². The van der Waals surface area contributed by atoms with Crippen LogP contribution in [-0.2, 0) is 16.6 Å². The molecule has 104 valence electrons. The van der Waals surface area contributed by atoms with E-state index in [2.05, 4.69) is 0 Å². The van der Waals surface area contributed by atoms with E-state index < -0.39 is 10.8 Å². The van der Waals surface area contributed by atoms with Gasteiger partial charge in [0.2, 0.25) is 0 Å². The van der Waals surface area contributed by atoms with Crippen LogP contribution >= 0.6 is 0 Å². The molecule has 0 aliphatic carbocycles. The smallest absolute Gasteiger partial charge is 0.162 e. The summed E-state index contributed by atoms with van der Waals surface area (Å²) in [5, 5.41) is 0. The molecule has 0 radical (unpaired) electrons. The molecule has 20 heavy (non-hydrogen) atoms. The fourth-order valence-electron chi connectivity index (χ4n) is 2.01. The van der Waals surface area contributed by atoms with Crippen molar-refractivity contribution in [1.29, 1.82) is 0 Å². The highest BCUT2D eigenvalue weighted by atomic mass is 32.2. The molecular formula is C15H15NO3S. The molecule has 2 aromatic carbocycles. The maximum Gasteiger partial charge on any atom is 0.162 e. The molecule has 0 saturated heterocycles. The lowest BCUT2D eigenvalue weighted by Gasteiger charge is -2.18. The summed E-state index contributed by atoms with van der Waals surface area (Å²) in [6, 6.07) is 12.8. The summed E-state index contributed by atoms with van der Waals surface area (Å²) < 4.78 is 23.3. The second-order valence-electron chi connectivity index (χ2n) is 4.54. The van der Waals surface area contributed by atoms with E-state index in [4.69, 9.17) is 15.2 Å². The zero-order chi connectivity index (χ0) is 13.9. The van der Waals surface area contributed by atoms with Crippen LogP contribution in [0.3, 0.4) is 0 Å². The van der Waals surface area contributed by atoms with Crippen LogP contribution in [-0.4, -0.2) is 17.4 Å². The highest BCUT2D eigenvalue weighted by molar-refractivity contribution is 7.84. The lowest BCUT2D eigenvalue weighted by atomic mass is 10.2. The molecule has 0 saturated carbocycles. The highest BCUT2D eigenvalue weighted by Crippen LogP contribution is 2.32. The summed E-state index contributed by atoms with van der Waals surface area (Å²) in [7, 11) is -1.12. The van der Waals surface area contributed by atoms with Crippen LogP contribution in [0.4, 0.5) is 5.69 Å². The summed E-state index contributed by atoms with van der Waals surface area (Å²) >= 11 is 0. The Hall–Kier alpha value is -2.01. The SMILES string of the molecule is Nc1ccc(CS(=O)c2ccc3c(c2)OCCO3)cc1. The topological polar surface area (TPSA) is 61.6 Å². The number of anilines is 1. The second-order valence-corrected chi connectivity index (χ2v) is 5.99. The van der Waals surface area contributed by atoms with E-state index in [0.717, 1.165) is 10.5 Å². The molecule has 0 bridgehead atoms. The van der Waals surface area contributed by atoms with Gasteiger partial charge in [0, 0.05) is 16.6 Å². The molecule has 5 heteroatoms. The molecule has 1 aliphatic rings. The minimum Gasteiger partial charge on any atom is -0.486 e. The number of nitrogen functional groups attached to an aromatic ring is 1. The Morgan fingerprint density at radius 3 is 2.45 bits per heavy atom. The van der Waals surface area contributed by atoms with Crippen molar-refractivity contribution >= 4 is 16.5 Å². The van der Waals surface area contributed by atoms with Crippen LogP contribution < -0.4 is 15.2 Å². The summed E-state index contributed by atoms with van der Waals surface area (Å²) in [4.78, 5) is 0.742. The van der Waals surface area contributed by atoms with E-state index in [1.807, 2.05) is 36.4 Å². The monoisotopic (exact) mass is 289 g/mol. The molecule has 1 atom stereocenters. The van der Waals surface area contributed by atoms with Gasteiger partial charge in [0.15, 0.2) is 11.5 Å². The summed E-state index contributed by atoms with van der Waals surface area (Å²) in [6.07, 6.45) is 0. The van der Waals surface area contributed by atoms with Crippen LogP contribution in [0.5, 0.6) is 11.5 Å². The number of hydrogen-bond donors (Lipinski definition) is 1. The van der Waals surface area contributed by atoms with Crippen LogP contribution in [0.15, 0.2) is 47.4 Å². The minimum atomic E-state index is -1.12. The number of benzene rings is 2. The average molecular weight is 289 g/mol. The Kier molecular flexibility index (Phi) is 3.60. The molecule has 0 aromatic heterocycles. The molecule has 1 heterocycles. The van der Waals surface area contributed by atoms with Crippen molar-refractivity contribution in [2.75, 3.05) is 18.9 Å². The summed E-state index contributed by atoms with van der Waals surface area (Å²) in [6.45, 7) is 1.09. The second kappa shape index (κ2) is 5.54. The Labute approximate surface area is 120 Å². The normalized spacial score (nSPS) is 14.8. The van der Waals surface area contributed by atoms with E-state index in [1.54, 1.807) is 6.07 Å². The van der Waals surface area contributed by atoms with Crippen molar-refractivity contribution in [3.05, 3.63) is 48.0 Å². The maximum atomic E-state index is 12.4. The first-order chi connectivity index (χ1) is 9.72. The van der Waals surface area contributed by atoms with Gasteiger partial charge >= 0.3 is 0 Å². The van der Waals surface area contributed by atoms with Crippen molar-refractivity contribution < 1.29 is 13.7 Å². The third kappa shape index (κ3) is 2.77. The van der Waals surface area contributed by atoms with Gasteiger partial charge in [-0.25, -0.2) is 0 Å². The van der Waals surface area contributed by atoms with Gasteiger partial charge in [0.05, 0.1) is 16.6 Å². The Bertz CT molecular complexity index is 640. The first kappa shape index (κ1) is 13.0. The molecule has 0 amide bonds. The molecule has 0 spiro atoms. The van der Waals surface area contributed by atoms with Crippen molar-refractivity contribution in [2.24, 2.45) is 0 Å². The van der Waals surface area contributed by atoms with E-state index in [1.165, 1.54) is 0 Å². The Balaban J connectivity index is 1.78. The number of ether oxygens (including phenoxy) is 2. The molecule has 2 N–H and O–H groups in total. The van der Waals surface area contributed by atoms with Gasteiger partial charge in [0.25, 0.3) is 0 Å². The number of hydrogen-bond acceptors (Lipinski definition) is 4. The van der Waals surface area contributed by atoms with Gasteiger partial charge in [-0.2, -0.15) is 0 Å². The first-order valence-corrected chi connectivity index (χ1v) is 7.67. The van der Waals surface area contributed by atoms with Gasteiger partial charge in [-0.15, -0.1) is 0 Å². The van der Waals surface area contributed by atoms with E-state index in [0.29, 0.717) is 36.2 Å². The van der Waals surface area contributed by atoms with Crippen molar-refractivity contribution in [2.45, 2.75) is 10.6 Å². The quantitative estimate of drug-likeness (QED) is 0.881. The predicted octanol–water partition coefficient (Wildman–Crippen LogP) is 2.35.